The fourth-order valence-electron chi connectivity index (χ4n) is 1.52. The molecule has 0 N–H and O–H groups in total. The van der Waals surface area contributed by atoms with Gasteiger partial charge in [-0.3, -0.25) is 0 Å². The van der Waals surface area contributed by atoms with Crippen molar-refractivity contribution in [3.05, 3.63) is 0 Å². The van der Waals surface area contributed by atoms with Crippen LogP contribution in [0.5, 0.6) is 0 Å². The zero-order chi connectivity index (χ0) is 14.7. The minimum atomic E-state index is -1.95. The van der Waals surface area contributed by atoms with E-state index in [1.54, 1.807) is 0 Å². The zero-order valence-corrected chi connectivity index (χ0v) is 14.5. The van der Waals surface area contributed by atoms with Gasteiger partial charge in [0.25, 0.3) is 0 Å². The fourth-order valence-corrected chi connectivity index (χ4v) is 8.43. The van der Waals surface area contributed by atoms with Crippen LogP contribution in [-0.2, 0) is 28.6 Å². The zero-order valence-electron chi connectivity index (χ0n) is 11.7. The van der Waals surface area contributed by atoms with Crippen molar-refractivity contribution in [1.29, 1.82) is 0 Å². The van der Waals surface area contributed by atoms with E-state index in [9.17, 15) is 14.4 Å². The number of hydrogen-bond donors (Lipinski definition) is 0. The van der Waals surface area contributed by atoms with E-state index in [0.717, 1.165) is 13.3 Å². The quantitative estimate of drug-likeness (QED) is 0.340. The number of carbonyl (C=O) groups excluding carboxylic acids is 3. The summed E-state index contributed by atoms with van der Waals surface area (Å²) in [5, 5.41) is 0. The van der Waals surface area contributed by atoms with Crippen LogP contribution >= 0.6 is 0 Å². The van der Waals surface area contributed by atoms with Gasteiger partial charge in [0.2, 0.25) is 0 Å². The molecule has 0 aromatic carbocycles. The molecule has 7 heteroatoms. The second-order valence-corrected chi connectivity index (χ2v) is 12.5. The van der Waals surface area contributed by atoms with Crippen LogP contribution in [0.2, 0.25) is 13.3 Å². The van der Waals surface area contributed by atoms with Crippen molar-refractivity contribution >= 4 is 37.7 Å². The fraction of sp³-hybridized carbons (Fsp3) is 0.750. The summed E-state index contributed by atoms with van der Waals surface area (Å²) < 4.78 is 16.2. The number of hydrogen-bond acceptors (Lipinski definition) is 6. The van der Waals surface area contributed by atoms with E-state index in [0.29, 0.717) is 19.3 Å². The van der Waals surface area contributed by atoms with Gasteiger partial charge in [-0.1, -0.05) is 0 Å². The first-order valence-electron chi connectivity index (χ1n) is 6.07. The third-order valence-electron chi connectivity index (χ3n) is 2.73. The molecule has 0 aromatic heterocycles. The molecule has 0 rings (SSSR count). The van der Waals surface area contributed by atoms with Crippen LogP contribution in [0.1, 0.15) is 19.3 Å². The van der Waals surface area contributed by atoms with Crippen LogP contribution < -0.4 is 0 Å². The summed E-state index contributed by atoms with van der Waals surface area (Å²) in [6.07, 6.45) is 1.11. The Morgan fingerprint density at radius 1 is 0.684 bits per heavy atom. The van der Waals surface area contributed by atoms with Gasteiger partial charge in [-0.15, -0.1) is 0 Å². The van der Waals surface area contributed by atoms with E-state index in [4.69, 9.17) is 0 Å². The Bertz CT molecular complexity index is 257. The second kappa shape index (κ2) is 11.1. The molecule has 0 atom stereocenters. The minimum absolute atomic E-state index is 0.241. The molecular weight excluding hydrogens is 359 g/mol. The van der Waals surface area contributed by atoms with Crippen molar-refractivity contribution < 1.29 is 28.6 Å². The summed E-state index contributed by atoms with van der Waals surface area (Å²) in [6.45, 7) is 0. The SMILES string of the molecule is COC(=O)C[CH2][Sn+]([CH2]CC(=O)OC)[CH2]CC(=O)OC. The van der Waals surface area contributed by atoms with Crippen molar-refractivity contribution in [2.45, 2.75) is 32.6 Å². The molecule has 0 fully saturated rings. The number of methoxy groups -OCH3 is 3. The molecule has 0 bridgehead atoms. The van der Waals surface area contributed by atoms with Crippen molar-refractivity contribution in [2.75, 3.05) is 21.3 Å². The number of ether oxygens (including phenoxy) is 3. The first-order valence-corrected chi connectivity index (χ1v) is 12.1. The van der Waals surface area contributed by atoms with E-state index in [1.165, 1.54) is 21.3 Å². The number of rotatable bonds is 9. The summed E-state index contributed by atoms with van der Waals surface area (Å²) in [5.74, 6) is -0.724. The van der Waals surface area contributed by atoms with Crippen LogP contribution in [0.25, 0.3) is 0 Å². The molecule has 0 aliphatic rings. The molecule has 0 saturated heterocycles. The van der Waals surface area contributed by atoms with Crippen molar-refractivity contribution in [3.8, 4) is 0 Å². The molecule has 0 spiro atoms. The normalized spacial score (nSPS) is 9.63. The predicted molar refractivity (Wildman–Crippen MR) is 70.1 cm³/mol. The first kappa shape index (κ1) is 18.2. The van der Waals surface area contributed by atoms with Gasteiger partial charge >= 0.3 is 120 Å². The molecule has 0 amide bonds. The topological polar surface area (TPSA) is 78.9 Å². The van der Waals surface area contributed by atoms with E-state index in [-0.39, 0.29) is 17.9 Å². The van der Waals surface area contributed by atoms with Crippen LogP contribution in [0.3, 0.4) is 0 Å². The summed E-state index contributed by atoms with van der Waals surface area (Å²) in [4.78, 5) is 33.4. The molecule has 0 saturated carbocycles. The first-order chi connectivity index (χ1) is 9.03. The molecule has 0 aliphatic carbocycles. The molecule has 0 radical (unpaired) electrons. The third-order valence-corrected chi connectivity index (χ3v) is 10.9. The van der Waals surface area contributed by atoms with Gasteiger partial charge in [0.1, 0.15) is 0 Å². The van der Waals surface area contributed by atoms with Crippen LogP contribution in [0.4, 0.5) is 0 Å². The maximum atomic E-state index is 11.1. The summed E-state index contributed by atoms with van der Waals surface area (Å²) in [7, 11) is 4.07. The molecule has 0 aliphatic heterocycles. The van der Waals surface area contributed by atoms with Crippen molar-refractivity contribution in [1.82, 2.24) is 0 Å². The Labute approximate surface area is 120 Å². The number of carbonyl (C=O) groups is 3. The molecule has 0 unspecified atom stereocenters. The summed E-state index contributed by atoms with van der Waals surface area (Å²) in [5.41, 5.74) is 0. The van der Waals surface area contributed by atoms with Gasteiger partial charge in [-0.2, -0.15) is 0 Å². The van der Waals surface area contributed by atoms with Gasteiger partial charge in [0.15, 0.2) is 0 Å². The van der Waals surface area contributed by atoms with E-state index in [1.807, 2.05) is 0 Å². The monoisotopic (exact) mass is 381 g/mol. The van der Waals surface area contributed by atoms with Gasteiger partial charge in [-0.05, 0) is 0 Å². The van der Waals surface area contributed by atoms with Crippen molar-refractivity contribution in [2.24, 2.45) is 0 Å². The van der Waals surface area contributed by atoms with E-state index >= 15 is 0 Å². The molecule has 0 heterocycles. The maximum absolute atomic E-state index is 11.1. The Morgan fingerprint density at radius 3 is 1.16 bits per heavy atom. The van der Waals surface area contributed by atoms with Gasteiger partial charge < -0.3 is 0 Å². The molecule has 19 heavy (non-hydrogen) atoms. The molecular formula is C12H21O6Sn+. The van der Waals surface area contributed by atoms with Crippen LogP contribution in [0, 0.1) is 0 Å². The standard InChI is InChI=1S/3C4H7O2.Sn/c3*1-3-4(5)6-2;/h3*1,3H2,2H3;/q;;;+1. The van der Waals surface area contributed by atoms with Gasteiger partial charge in [-0.25, -0.2) is 0 Å². The Morgan fingerprint density at radius 2 is 0.947 bits per heavy atom. The van der Waals surface area contributed by atoms with Gasteiger partial charge in [0.05, 0.1) is 0 Å². The predicted octanol–water partition coefficient (Wildman–Crippen LogP) is 1.17. The molecule has 6 nitrogen and oxygen atoms in total. The molecule has 0 aromatic rings. The van der Waals surface area contributed by atoms with Crippen LogP contribution in [-0.4, -0.2) is 59.0 Å². The Kier molecular flexibility index (Phi) is 10.6. The molecule has 108 valence electrons. The van der Waals surface area contributed by atoms with Crippen molar-refractivity contribution in [3.63, 3.8) is 0 Å². The average Bonchev–Trinajstić information content (AvgIpc) is 2.44. The Balaban J connectivity index is 4.16. The van der Waals surface area contributed by atoms with Gasteiger partial charge in [0, 0.05) is 0 Å². The Hall–Kier alpha value is -0.791. The van der Waals surface area contributed by atoms with E-state index in [2.05, 4.69) is 14.2 Å². The number of esters is 3. The third kappa shape index (κ3) is 9.75. The second-order valence-electron chi connectivity index (χ2n) is 3.98. The average molecular weight is 380 g/mol. The van der Waals surface area contributed by atoms with E-state index < -0.39 is 19.8 Å². The van der Waals surface area contributed by atoms with Crippen LogP contribution in [0.15, 0.2) is 0 Å². The summed E-state index contributed by atoms with van der Waals surface area (Å²) >= 11 is -1.95. The summed E-state index contributed by atoms with van der Waals surface area (Å²) in [6, 6.07) is 0.